The second-order valence-corrected chi connectivity index (χ2v) is 13.6. The molecule has 0 N–H and O–H groups in total. The molecular formula is C48H46O6. The number of hydrogen-bond donors (Lipinski definition) is 0. The molecule has 274 valence electrons. The van der Waals surface area contributed by atoms with Crippen LogP contribution >= 0.6 is 0 Å². The fourth-order valence-electron chi connectivity index (χ4n) is 6.88. The van der Waals surface area contributed by atoms with Gasteiger partial charge in [0.2, 0.25) is 0 Å². The van der Waals surface area contributed by atoms with E-state index in [0.29, 0.717) is 31.8 Å². The molecule has 54 heavy (non-hydrogen) atoms. The first kappa shape index (κ1) is 37.1. The molecule has 0 aliphatic carbocycles. The molecular weight excluding hydrogens is 673 g/mol. The van der Waals surface area contributed by atoms with Gasteiger partial charge in [-0.1, -0.05) is 176 Å². The number of Topliss-reactive ketones (excluding diaryl/α,β-unsaturated/α-hetero) is 1. The second-order valence-electron chi connectivity index (χ2n) is 13.6. The minimum Gasteiger partial charge on any atom is -0.374 e. The molecule has 6 aromatic rings. The summed E-state index contributed by atoms with van der Waals surface area (Å²) in [6.45, 7) is 1.44. The molecule has 0 amide bonds. The quantitative estimate of drug-likeness (QED) is 0.0877. The number of ketones is 1. The number of carbonyl (C=O) groups is 1. The predicted molar refractivity (Wildman–Crippen MR) is 210 cm³/mol. The van der Waals surface area contributed by atoms with E-state index in [1.807, 2.05) is 164 Å². The smallest absolute Gasteiger partial charge is 0.194 e. The topological polar surface area (TPSA) is 63.2 Å². The zero-order chi connectivity index (χ0) is 36.8. The zero-order valence-corrected chi connectivity index (χ0v) is 30.3. The largest absolute Gasteiger partial charge is 0.374 e. The van der Waals surface area contributed by atoms with Gasteiger partial charge in [-0.2, -0.15) is 0 Å². The van der Waals surface area contributed by atoms with Gasteiger partial charge in [0.15, 0.2) is 5.78 Å². The monoisotopic (exact) mass is 718 g/mol. The third-order valence-corrected chi connectivity index (χ3v) is 9.66. The van der Waals surface area contributed by atoms with E-state index in [9.17, 15) is 0 Å². The van der Waals surface area contributed by atoms with E-state index in [4.69, 9.17) is 23.7 Å². The zero-order valence-electron chi connectivity index (χ0n) is 30.3. The Labute approximate surface area is 318 Å². The Morgan fingerprint density at radius 2 is 0.852 bits per heavy atom. The summed E-state index contributed by atoms with van der Waals surface area (Å²) in [5, 5.41) is 0. The molecule has 1 aliphatic rings. The van der Waals surface area contributed by atoms with Crippen LogP contribution in [0, 0.1) is 0 Å². The first-order valence-corrected chi connectivity index (χ1v) is 18.6. The highest BCUT2D eigenvalue weighted by Crippen LogP contribution is 2.33. The van der Waals surface area contributed by atoms with E-state index in [-0.39, 0.29) is 19.0 Å². The third kappa shape index (κ3) is 10.1. The van der Waals surface area contributed by atoms with Crippen LogP contribution in [0.15, 0.2) is 176 Å². The maximum absolute atomic E-state index is 15.0. The van der Waals surface area contributed by atoms with Crippen LogP contribution in [-0.4, -0.2) is 42.9 Å². The molecule has 6 heteroatoms. The number of benzene rings is 6. The van der Waals surface area contributed by atoms with E-state index in [1.165, 1.54) is 0 Å². The summed E-state index contributed by atoms with van der Waals surface area (Å²) in [6.07, 6.45) is -3.18. The van der Waals surface area contributed by atoms with Gasteiger partial charge in [-0.25, -0.2) is 0 Å². The lowest BCUT2D eigenvalue weighted by molar-refractivity contribution is -0.261. The molecule has 1 saturated heterocycles. The number of ether oxygens (including phenoxy) is 5. The molecule has 6 nitrogen and oxygen atoms in total. The van der Waals surface area contributed by atoms with Gasteiger partial charge in [0, 0.05) is 5.56 Å². The van der Waals surface area contributed by atoms with E-state index in [0.717, 1.165) is 33.4 Å². The van der Waals surface area contributed by atoms with Crippen molar-refractivity contribution in [1.29, 1.82) is 0 Å². The standard InChI is InChI=1S/C48H46O6/c49-44(42-29-17-16-28-41(42)30-36-18-6-1-7-19-36)46-48(53-34-40-26-14-5-15-27-40)47(52-33-39-24-12-4-13-25-39)45(51-32-38-22-10-3-11-23-38)43(54-46)35-50-31-37-20-8-2-9-21-37/h1-29,43,45-48H,30-35H2/t43-,45-,46+,47+,48+/m1/s1. The van der Waals surface area contributed by atoms with Gasteiger partial charge in [-0.3, -0.25) is 4.79 Å². The molecule has 6 aromatic carbocycles. The molecule has 0 unspecified atom stereocenters. The van der Waals surface area contributed by atoms with Crippen LogP contribution in [0.2, 0.25) is 0 Å². The predicted octanol–water partition coefficient (Wildman–Crippen LogP) is 9.20. The Hall–Kier alpha value is -5.21. The molecule has 0 spiro atoms. The number of hydrogen-bond acceptors (Lipinski definition) is 6. The van der Waals surface area contributed by atoms with Crippen molar-refractivity contribution in [3.63, 3.8) is 0 Å². The van der Waals surface area contributed by atoms with Crippen molar-refractivity contribution in [2.75, 3.05) is 6.61 Å². The van der Waals surface area contributed by atoms with Crippen molar-refractivity contribution in [2.45, 2.75) is 63.4 Å². The van der Waals surface area contributed by atoms with Gasteiger partial charge in [-0.05, 0) is 39.8 Å². The van der Waals surface area contributed by atoms with E-state index in [1.54, 1.807) is 0 Å². The molecule has 0 aromatic heterocycles. The van der Waals surface area contributed by atoms with Gasteiger partial charge in [-0.15, -0.1) is 0 Å². The highest BCUT2D eigenvalue weighted by Gasteiger charge is 2.51. The minimum absolute atomic E-state index is 0.164. The van der Waals surface area contributed by atoms with Crippen LogP contribution < -0.4 is 0 Å². The normalized spacial score (nSPS) is 19.7. The Morgan fingerprint density at radius 3 is 1.37 bits per heavy atom. The van der Waals surface area contributed by atoms with E-state index < -0.39 is 30.5 Å². The van der Waals surface area contributed by atoms with Crippen molar-refractivity contribution in [3.05, 3.63) is 215 Å². The Bertz CT molecular complexity index is 1990. The van der Waals surface area contributed by atoms with Crippen molar-refractivity contribution in [3.8, 4) is 0 Å². The molecule has 1 heterocycles. The maximum atomic E-state index is 15.0. The second kappa shape index (κ2) is 19.2. The Morgan fingerprint density at radius 1 is 0.444 bits per heavy atom. The SMILES string of the molecule is O=C(c1ccccc1Cc1ccccc1)[C@@H]1O[C@H](COCc2ccccc2)[C@@H](OCc2ccccc2)[C@H](OCc2ccccc2)[C@H]1OCc1ccccc1. The summed E-state index contributed by atoms with van der Waals surface area (Å²) < 4.78 is 33.7. The summed E-state index contributed by atoms with van der Waals surface area (Å²) >= 11 is 0. The molecule has 0 radical (unpaired) electrons. The summed E-state index contributed by atoms with van der Waals surface area (Å²) in [7, 11) is 0. The van der Waals surface area contributed by atoms with Crippen LogP contribution in [0.1, 0.15) is 43.7 Å². The summed E-state index contributed by atoms with van der Waals surface area (Å²) in [5.41, 5.74) is 6.65. The van der Waals surface area contributed by atoms with E-state index >= 15 is 4.79 Å². The van der Waals surface area contributed by atoms with Gasteiger partial charge < -0.3 is 23.7 Å². The van der Waals surface area contributed by atoms with Crippen LogP contribution in [-0.2, 0) is 56.5 Å². The van der Waals surface area contributed by atoms with E-state index in [2.05, 4.69) is 12.1 Å². The van der Waals surface area contributed by atoms with Crippen molar-refractivity contribution in [1.82, 2.24) is 0 Å². The third-order valence-electron chi connectivity index (χ3n) is 9.66. The summed E-state index contributed by atoms with van der Waals surface area (Å²) in [5.74, 6) is -0.164. The average Bonchev–Trinajstić information content (AvgIpc) is 3.23. The summed E-state index contributed by atoms with van der Waals surface area (Å²) in [6, 6.07) is 58.0. The summed E-state index contributed by atoms with van der Waals surface area (Å²) in [4.78, 5) is 15.0. The molecule has 5 atom stereocenters. The van der Waals surface area contributed by atoms with Gasteiger partial charge in [0.05, 0.1) is 33.0 Å². The number of rotatable bonds is 17. The molecule has 1 aliphatic heterocycles. The van der Waals surface area contributed by atoms with Crippen molar-refractivity contribution in [2.24, 2.45) is 0 Å². The molecule has 7 rings (SSSR count). The number of carbonyl (C=O) groups excluding carboxylic acids is 1. The van der Waals surface area contributed by atoms with Crippen LogP contribution in [0.3, 0.4) is 0 Å². The first-order chi connectivity index (χ1) is 26.7. The highest BCUT2D eigenvalue weighted by molar-refractivity contribution is 6.01. The average molecular weight is 719 g/mol. The van der Waals surface area contributed by atoms with Crippen molar-refractivity contribution < 1.29 is 28.5 Å². The molecule has 0 saturated carbocycles. The molecule has 0 bridgehead atoms. The van der Waals surface area contributed by atoms with Gasteiger partial charge in [0.25, 0.3) is 0 Å². The molecule has 1 fully saturated rings. The lowest BCUT2D eigenvalue weighted by atomic mass is 9.87. The fourth-order valence-corrected chi connectivity index (χ4v) is 6.88. The minimum atomic E-state index is -1.01. The Kier molecular flexibility index (Phi) is 13.2. The van der Waals surface area contributed by atoms with Gasteiger partial charge >= 0.3 is 0 Å². The first-order valence-electron chi connectivity index (χ1n) is 18.6. The van der Waals surface area contributed by atoms with Crippen LogP contribution in [0.25, 0.3) is 0 Å². The Balaban J connectivity index is 1.26. The van der Waals surface area contributed by atoms with Gasteiger partial charge in [0.1, 0.15) is 30.5 Å². The van der Waals surface area contributed by atoms with Crippen LogP contribution in [0.4, 0.5) is 0 Å². The fraction of sp³-hybridized carbons (Fsp3) is 0.229. The van der Waals surface area contributed by atoms with Crippen LogP contribution in [0.5, 0.6) is 0 Å². The highest BCUT2D eigenvalue weighted by atomic mass is 16.6. The lowest BCUT2D eigenvalue weighted by Gasteiger charge is -2.46. The van der Waals surface area contributed by atoms with Crippen molar-refractivity contribution >= 4 is 5.78 Å². The maximum Gasteiger partial charge on any atom is 0.194 e. The lowest BCUT2D eigenvalue weighted by Crippen LogP contribution is -2.63.